The lowest BCUT2D eigenvalue weighted by Crippen LogP contribution is -2.44. The van der Waals surface area contributed by atoms with Crippen LogP contribution in [-0.4, -0.2) is 36.6 Å². The molecule has 0 radical (unpaired) electrons. The lowest BCUT2D eigenvalue weighted by atomic mass is 10.4. The molecule has 0 unspecified atom stereocenters. The van der Waals surface area contributed by atoms with Crippen molar-refractivity contribution in [3.8, 4) is 0 Å². The maximum absolute atomic E-state index is 4.99. The van der Waals surface area contributed by atoms with Gasteiger partial charge in [0.2, 0.25) is 0 Å². The quantitative estimate of drug-likeness (QED) is 0.459. The van der Waals surface area contributed by atoms with Gasteiger partial charge >= 0.3 is 0 Å². The smallest absolute Gasteiger partial charge is 0.0917 e. The fourth-order valence-corrected chi connectivity index (χ4v) is 0.895. The molecular weight excluding hydrogens is 120 g/mol. The largest absolute Gasteiger partial charge is 0.367 e. The Morgan fingerprint density at radius 3 is 2.88 bits per heavy atom. The van der Waals surface area contributed by atoms with Crippen molar-refractivity contribution in [3.63, 3.8) is 0 Å². The first-order valence-electron chi connectivity index (χ1n) is 2.75. The summed E-state index contributed by atoms with van der Waals surface area (Å²) in [6, 6.07) is 0. The van der Waals surface area contributed by atoms with Crippen LogP contribution in [0, 0.1) is 0 Å². The van der Waals surface area contributed by atoms with Crippen LogP contribution >= 0.6 is 12.2 Å². The molecule has 1 rings (SSSR count). The van der Waals surface area contributed by atoms with Crippen molar-refractivity contribution in [1.29, 1.82) is 0 Å². The third-order valence-corrected chi connectivity index (χ3v) is 1.78. The fourth-order valence-electron chi connectivity index (χ4n) is 0.702. The molecule has 0 aliphatic carbocycles. The van der Waals surface area contributed by atoms with Gasteiger partial charge in [0, 0.05) is 26.7 Å². The van der Waals surface area contributed by atoms with E-state index in [1.807, 2.05) is 7.05 Å². The zero-order valence-electron chi connectivity index (χ0n) is 4.98. The molecule has 8 heavy (non-hydrogen) atoms. The number of hydrogen-bond donors (Lipinski definition) is 1. The lowest BCUT2D eigenvalue weighted by Gasteiger charge is -2.25. The standard InChI is InChI=1S/C5H10N2S/c1-7-3-2-6-4-5(7)8/h6H,2-4H2,1H3. The number of hydrogen-bond acceptors (Lipinski definition) is 2. The van der Waals surface area contributed by atoms with Crippen LogP contribution in [0.2, 0.25) is 0 Å². The Morgan fingerprint density at radius 1 is 1.75 bits per heavy atom. The molecule has 0 aromatic carbocycles. The molecule has 0 bridgehead atoms. The maximum Gasteiger partial charge on any atom is 0.0917 e. The van der Waals surface area contributed by atoms with E-state index in [1.165, 1.54) is 0 Å². The zero-order chi connectivity index (χ0) is 5.98. The highest BCUT2D eigenvalue weighted by Crippen LogP contribution is 1.89. The van der Waals surface area contributed by atoms with Gasteiger partial charge in [0.25, 0.3) is 0 Å². The topological polar surface area (TPSA) is 15.3 Å². The highest BCUT2D eigenvalue weighted by molar-refractivity contribution is 7.80. The van der Waals surface area contributed by atoms with E-state index >= 15 is 0 Å². The summed E-state index contributed by atoms with van der Waals surface area (Å²) >= 11 is 4.99. The van der Waals surface area contributed by atoms with E-state index in [4.69, 9.17) is 12.2 Å². The van der Waals surface area contributed by atoms with Crippen LogP contribution in [0.1, 0.15) is 0 Å². The predicted octanol–water partition coefficient (Wildman–Crippen LogP) is -0.151. The van der Waals surface area contributed by atoms with Crippen LogP contribution in [0.15, 0.2) is 0 Å². The number of nitrogens with one attached hydrogen (secondary N) is 1. The molecule has 1 aliphatic rings. The molecule has 46 valence electrons. The molecule has 0 saturated carbocycles. The van der Waals surface area contributed by atoms with E-state index in [0.717, 1.165) is 24.6 Å². The summed E-state index contributed by atoms with van der Waals surface area (Å²) in [5.41, 5.74) is 0. The van der Waals surface area contributed by atoms with Crippen molar-refractivity contribution >= 4 is 17.2 Å². The summed E-state index contributed by atoms with van der Waals surface area (Å²) < 4.78 is 0. The Balaban J connectivity index is 2.39. The predicted molar refractivity (Wildman–Crippen MR) is 38.1 cm³/mol. The van der Waals surface area contributed by atoms with Gasteiger partial charge in [-0.2, -0.15) is 0 Å². The van der Waals surface area contributed by atoms with Gasteiger partial charge in [-0.25, -0.2) is 0 Å². The number of rotatable bonds is 0. The molecule has 0 spiro atoms. The molecule has 1 N–H and O–H groups in total. The maximum atomic E-state index is 4.99. The SMILES string of the molecule is CN1CCNCC1=S. The average molecular weight is 130 g/mol. The minimum atomic E-state index is 0.881. The van der Waals surface area contributed by atoms with Gasteiger partial charge in [-0.1, -0.05) is 12.2 Å². The van der Waals surface area contributed by atoms with Crippen molar-refractivity contribution in [2.75, 3.05) is 26.7 Å². The van der Waals surface area contributed by atoms with E-state index < -0.39 is 0 Å². The lowest BCUT2D eigenvalue weighted by molar-refractivity contribution is 0.455. The van der Waals surface area contributed by atoms with Gasteiger partial charge in [-0.3, -0.25) is 0 Å². The molecule has 1 saturated heterocycles. The Hall–Kier alpha value is -0.150. The Bertz CT molecular complexity index is 103. The van der Waals surface area contributed by atoms with Crippen LogP contribution in [0.3, 0.4) is 0 Å². The molecule has 0 atom stereocenters. The van der Waals surface area contributed by atoms with Gasteiger partial charge in [-0.15, -0.1) is 0 Å². The van der Waals surface area contributed by atoms with Crippen LogP contribution in [0.5, 0.6) is 0 Å². The summed E-state index contributed by atoms with van der Waals surface area (Å²) in [5.74, 6) is 0. The van der Waals surface area contributed by atoms with E-state index in [0.29, 0.717) is 0 Å². The minimum Gasteiger partial charge on any atom is -0.367 e. The molecule has 3 heteroatoms. The average Bonchev–Trinajstić information content (AvgIpc) is 1.77. The third-order valence-electron chi connectivity index (χ3n) is 1.33. The summed E-state index contributed by atoms with van der Waals surface area (Å²) in [6.07, 6.45) is 0. The van der Waals surface area contributed by atoms with Gasteiger partial charge < -0.3 is 10.2 Å². The summed E-state index contributed by atoms with van der Waals surface area (Å²) in [5, 5.41) is 3.18. The second kappa shape index (κ2) is 2.42. The minimum absolute atomic E-state index is 0.881. The molecule has 2 nitrogen and oxygen atoms in total. The Kier molecular flexibility index (Phi) is 1.81. The van der Waals surface area contributed by atoms with E-state index in [1.54, 1.807) is 0 Å². The van der Waals surface area contributed by atoms with Crippen molar-refractivity contribution in [1.82, 2.24) is 10.2 Å². The molecule has 0 amide bonds. The molecule has 0 aromatic rings. The molecule has 1 aliphatic heterocycles. The van der Waals surface area contributed by atoms with E-state index in [2.05, 4.69) is 10.2 Å². The molecule has 0 aromatic heterocycles. The van der Waals surface area contributed by atoms with E-state index in [9.17, 15) is 0 Å². The monoisotopic (exact) mass is 130 g/mol. The molecular formula is C5H10N2S. The Labute approximate surface area is 54.9 Å². The highest BCUT2D eigenvalue weighted by Gasteiger charge is 2.07. The first-order chi connectivity index (χ1) is 3.80. The number of likely N-dealkylation sites (N-methyl/N-ethyl adjacent to an activating group) is 1. The van der Waals surface area contributed by atoms with Crippen molar-refractivity contribution in [3.05, 3.63) is 0 Å². The van der Waals surface area contributed by atoms with Gasteiger partial charge in [0.05, 0.1) is 4.99 Å². The van der Waals surface area contributed by atoms with Crippen molar-refractivity contribution in [2.45, 2.75) is 0 Å². The van der Waals surface area contributed by atoms with Gasteiger partial charge in [-0.05, 0) is 0 Å². The van der Waals surface area contributed by atoms with Crippen LogP contribution in [-0.2, 0) is 0 Å². The number of thiocarbonyl (C=S) groups is 1. The summed E-state index contributed by atoms with van der Waals surface area (Å²) in [7, 11) is 2.03. The Morgan fingerprint density at radius 2 is 2.50 bits per heavy atom. The molecule has 1 heterocycles. The van der Waals surface area contributed by atoms with Crippen molar-refractivity contribution < 1.29 is 0 Å². The second-order valence-electron chi connectivity index (χ2n) is 1.99. The molecule has 1 fully saturated rings. The van der Waals surface area contributed by atoms with Gasteiger partial charge in [0.1, 0.15) is 0 Å². The van der Waals surface area contributed by atoms with Crippen LogP contribution in [0.4, 0.5) is 0 Å². The highest BCUT2D eigenvalue weighted by atomic mass is 32.1. The van der Waals surface area contributed by atoms with E-state index in [-0.39, 0.29) is 0 Å². The first kappa shape index (κ1) is 5.98. The zero-order valence-corrected chi connectivity index (χ0v) is 5.79. The first-order valence-corrected chi connectivity index (χ1v) is 3.16. The second-order valence-corrected chi connectivity index (χ2v) is 2.46. The number of nitrogens with zero attached hydrogens (tertiary/aromatic N) is 1. The third kappa shape index (κ3) is 1.17. The summed E-state index contributed by atoms with van der Waals surface area (Å²) in [6.45, 7) is 3.00. The normalized spacial score (nSPS) is 21.6. The number of piperazine rings is 1. The summed E-state index contributed by atoms with van der Waals surface area (Å²) in [4.78, 5) is 3.13. The van der Waals surface area contributed by atoms with Crippen LogP contribution in [0.25, 0.3) is 0 Å². The van der Waals surface area contributed by atoms with Crippen LogP contribution < -0.4 is 5.32 Å². The fraction of sp³-hybridized carbons (Fsp3) is 0.800. The van der Waals surface area contributed by atoms with Crippen molar-refractivity contribution in [2.24, 2.45) is 0 Å². The van der Waals surface area contributed by atoms with Gasteiger partial charge in [0.15, 0.2) is 0 Å².